The largest absolute Gasteiger partial charge is 0.507 e. The number of hydrogen-bond acceptors (Lipinski definition) is 6. The monoisotopic (exact) mass is 475 g/mol. The summed E-state index contributed by atoms with van der Waals surface area (Å²) >= 11 is 0. The van der Waals surface area contributed by atoms with Gasteiger partial charge in [-0.2, -0.15) is 5.26 Å². The first-order valence-electron chi connectivity index (χ1n) is 10.2. The molecule has 0 heterocycles. The fourth-order valence-electron chi connectivity index (χ4n) is 3.55. The molecule has 0 fully saturated rings. The van der Waals surface area contributed by atoms with Crippen LogP contribution in [0.1, 0.15) is 72.1 Å². The molecule has 8 nitrogen and oxygen atoms in total. The van der Waals surface area contributed by atoms with E-state index in [1.165, 1.54) is 13.1 Å². The van der Waals surface area contributed by atoms with Gasteiger partial charge < -0.3 is 10.4 Å². The van der Waals surface area contributed by atoms with Crippen molar-refractivity contribution < 1.29 is 27.5 Å². The van der Waals surface area contributed by atoms with E-state index in [0.717, 1.165) is 18.2 Å². The van der Waals surface area contributed by atoms with Crippen LogP contribution in [0.25, 0.3) is 0 Å². The third-order valence-corrected chi connectivity index (χ3v) is 6.47. The molecule has 0 bridgehead atoms. The lowest BCUT2D eigenvalue weighted by molar-refractivity contribution is -0.118. The molecule has 0 radical (unpaired) electrons. The van der Waals surface area contributed by atoms with Crippen molar-refractivity contribution in [3.8, 4) is 11.8 Å². The van der Waals surface area contributed by atoms with E-state index in [-0.39, 0.29) is 28.5 Å². The Balaban J connectivity index is 2.43. The zero-order chi connectivity index (χ0) is 25.1. The average molecular weight is 476 g/mol. The number of hydrogen-bond donors (Lipinski definition) is 3. The third-order valence-electron chi connectivity index (χ3n) is 5.10. The number of carbonyl (C=O) groups excluding carboxylic acids is 2. The molecule has 10 heteroatoms. The third kappa shape index (κ3) is 5.49. The van der Waals surface area contributed by atoms with Crippen LogP contribution in [-0.2, 0) is 21.2 Å². The van der Waals surface area contributed by atoms with E-state index in [0.29, 0.717) is 11.1 Å². The normalized spacial score (nSPS) is 11.4. The minimum Gasteiger partial charge on any atom is -0.507 e. The van der Waals surface area contributed by atoms with Crippen LogP contribution in [-0.4, -0.2) is 32.4 Å². The van der Waals surface area contributed by atoms with E-state index in [2.05, 4.69) is 5.32 Å². The van der Waals surface area contributed by atoms with Gasteiger partial charge in [-0.05, 0) is 46.7 Å². The summed E-state index contributed by atoms with van der Waals surface area (Å²) in [4.78, 5) is 24.0. The van der Waals surface area contributed by atoms with Crippen molar-refractivity contribution in [2.75, 3.05) is 7.05 Å². The second-order valence-electron chi connectivity index (χ2n) is 8.10. The lowest BCUT2D eigenvalue weighted by Crippen LogP contribution is -2.32. The highest BCUT2D eigenvalue weighted by Gasteiger charge is 2.26. The number of benzene rings is 2. The molecule has 0 aromatic heterocycles. The van der Waals surface area contributed by atoms with Crippen molar-refractivity contribution in [1.29, 1.82) is 5.26 Å². The Morgan fingerprint density at radius 3 is 2.27 bits per heavy atom. The van der Waals surface area contributed by atoms with Crippen LogP contribution in [0.15, 0.2) is 29.2 Å². The highest BCUT2D eigenvalue weighted by atomic mass is 32.2. The second-order valence-corrected chi connectivity index (χ2v) is 9.79. The van der Waals surface area contributed by atoms with Crippen molar-refractivity contribution in [3.63, 3.8) is 0 Å². The van der Waals surface area contributed by atoms with Crippen molar-refractivity contribution in [1.82, 2.24) is 10.0 Å². The SMILES string of the molecule is CNC(=O)c1ccc(S(=O)(=O)NC(=O)Cc2c(C(C)C)cc(C#N)c(F)c2C(C)C)cc1O. The van der Waals surface area contributed by atoms with Gasteiger partial charge in [0.25, 0.3) is 15.9 Å². The fourth-order valence-corrected chi connectivity index (χ4v) is 4.55. The highest BCUT2D eigenvalue weighted by molar-refractivity contribution is 7.90. The first kappa shape index (κ1) is 25.8. The second kappa shape index (κ2) is 10.0. The number of nitriles is 1. The van der Waals surface area contributed by atoms with Crippen LogP contribution in [0.2, 0.25) is 0 Å². The van der Waals surface area contributed by atoms with Gasteiger partial charge in [0.1, 0.15) is 17.6 Å². The molecule has 2 aromatic carbocycles. The summed E-state index contributed by atoms with van der Waals surface area (Å²) in [6.45, 7) is 7.10. The summed E-state index contributed by atoms with van der Waals surface area (Å²) in [5, 5.41) is 21.6. The Hall–Kier alpha value is -3.45. The number of amides is 2. The Labute approximate surface area is 192 Å². The molecule has 0 spiro atoms. The number of nitrogens with zero attached hydrogens (tertiary/aromatic N) is 1. The van der Waals surface area contributed by atoms with E-state index < -0.39 is 44.7 Å². The zero-order valence-electron chi connectivity index (χ0n) is 19.0. The number of phenols is 1. The van der Waals surface area contributed by atoms with E-state index in [1.807, 2.05) is 24.6 Å². The van der Waals surface area contributed by atoms with Crippen molar-refractivity contribution in [3.05, 3.63) is 57.9 Å². The quantitative estimate of drug-likeness (QED) is 0.563. The number of sulfonamides is 1. The van der Waals surface area contributed by atoms with Gasteiger partial charge in [0.15, 0.2) is 0 Å². The summed E-state index contributed by atoms with van der Waals surface area (Å²) in [7, 11) is -3.02. The van der Waals surface area contributed by atoms with Gasteiger partial charge in [-0.3, -0.25) is 9.59 Å². The standard InChI is InChI=1S/C23H26FN3O5S/c1-12(2)17-8-14(11-25)22(24)21(13(3)4)18(17)10-20(29)27-33(31,32)15-6-7-16(19(28)9-15)23(30)26-5/h6-9,12-13,28H,10H2,1-5H3,(H,26,30)(H,27,29). The van der Waals surface area contributed by atoms with Gasteiger partial charge in [0, 0.05) is 13.1 Å². The molecule has 0 atom stereocenters. The van der Waals surface area contributed by atoms with Gasteiger partial charge in [-0.25, -0.2) is 17.5 Å². The minimum absolute atomic E-state index is 0.126. The van der Waals surface area contributed by atoms with Crippen LogP contribution in [0.3, 0.4) is 0 Å². The maximum absolute atomic E-state index is 14.9. The molecular formula is C23H26FN3O5S. The summed E-state index contributed by atoms with van der Waals surface area (Å²) in [6.07, 6.45) is -0.425. The van der Waals surface area contributed by atoms with Crippen molar-refractivity contribution in [2.45, 2.75) is 50.8 Å². The number of halogens is 1. The minimum atomic E-state index is -4.38. The Kier molecular flexibility index (Phi) is 7.82. The first-order valence-corrected chi connectivity index (χ1v) is 11.7. The highest BCUT2D eigenvalue weighted by Crippen LogP contribution is 2.33. The van der Waals surface area contributed by atoms with E-state index in [9.17, 15) is 32.8 Å². The number of nitrogens with one attached hydrogen (secondary N) is 2. The lowest BCUT2D eigenvalue weighted by atomic mass is 9.85. The maximum Gasteiger partial charge on any atom is 0.264 e. The molecule has 33 heavy (non-hydrogen) atoms. The summed E-state index contributed by atoms with van der Waals surface area (Å²) < 4.78 is 42.2. The molecule has 0 saturated heterocycles. The summed E-state index contributed by atoms with van der Waals surface area (Å²) in [5.41, 5.74) is 0.849. The Morgan fingerprint density at radius 2 is 1.79 bits per heavy atom. The predicted octanol–water partition coefficient (Wildman–Crippen LogP) is 3.06. The van der Waals surface area contributed by atoms with E-state index >= 15 is 0 Å². The van der Waals surface area contributed by atoms with Crippen LogP contribution in [0.5, 0.6) is 5.75 Å². The Morgan fingerprint density at radius 1 is 1.15 bits per heavy atom. The number of phenolic OH excluding ortho intramolecular Hbond substituents is 1. The van der Waals surface area contributed by atoms with Crippen LogP contribution in [0.4, 0.5) is 4.39 Å². The molecule has 176 valence electrons. The van der Waals surface area contributed by atoms with Gasteiger partial charge in [0.2, 0.25) is 5.91 Å². The number of carbonyl (C=O) groups is 2. The summed E-state index contributed by atoms with van der Waals surface area (Å²) in [6, 6.07) is 6.28. The molecule has 0 unspecified atom stereocenters. The van der Waals surface area contributed by atoms with E-state index in [4.69, 9.17) is 0 Å². The number of rotatable bonds is 7. The molecule has 2 rings (SSSR count). The van der Waals surface area contributed by atoms with Crippen LogP contribution < -0.4 is 10.0 Å². The van der Waals surface area contributed by atoms with Crippen LogP contribution in [0, 0.1) is 17.1 Å². The van der Waals surface area contributed by atoms with Gasteiger partial charge in [-0.15, -0.1) is 0 Å². The molecule has 2 amide bonds. The summed E-state index contributed by atoms with van der Waals surface area (Å²) in [5.74, 6) is -3.31. The molecule has 0 aliphatic rings. The average Bonchev–Trinajstić information content (AvgIpc) is 2.72. The molecular weight excluding hydrogens is 449 g/mol. The predicted molar refractivity (Wildman–Crippen MR) is 120 cm³/mol. The first-order chi connectivity index (χ1) is 15.3. The fraction of sp³-hybridized carbons (Fsp3) is 0.348. The molecule has 2 aromatic rings. The molecule has 0 aliphatic heterocycles. The zero-order valence-corrected chi connectivity index (χ0v) is 19.8. The topological polar surface area (TPSA) is 136 Å². The number of aromatic hydroxyl groups is 1. The smallest absolute Gasteiger partial charge is 0.264 e. The van der Waals surface area contributed by atoms with Crippen LogP contribution >= 0.6 is 0 Å². The molecule has 0 saturated carbocycles. The van der Waals surface area contributed by atoms with Gasteiger partial charge in [-0.1, -0.05) is 27.7 Å². The van der Waals surface area contributed by atoms with E-state index in [1.54, 1.807) is 13.8 Å². The molecule has 0 aliphatic carbocycles. The van der Waals surface area contributed by atoms with Gasteiger partial charge >= 0.3 is 0 Å². The maximum atomic E-state index is 14.9. The van der Waals surface area contributed by atoms with Crippen molar-refractivity contribution >= 4 is 21.8 Å². The molecule has 3 N–H and O–H groups in total. The Bertz CT molecular complexity index is 1250. The lowest BCUT2D eigenvalue weighted by Gasteiger charge is -2.21. The van der Waals surface area contributed by atoms with Crippen molar-refractivity contribution in [2.24, 2.45) is 0 Å². The van der Waals surface area contributed by atoms with Gasteiger partial charge in [0.05, 0.1) is 22.4 Å².